The molecular weight excluding hydrogens is 276 g/mol. The van der Waals surface area contributed by atoms with E-state index in [0.29, 0.717) is 12.1 Å². The number of nitrogens with zero attached hydrogens (tertiary/aromatic N) is 6. The van der Waals surface area contributed by atoms with Gasteiger partial charge in [0.1, 0.15) is 0 Å². The molecule has 2 heterocycles. The van der Waals surface area contributed by atoms with Gasteiger partial charge < -0.3 is 19.6 Å². The van der Waals surface area contributed by atoms with E-state index in [4.69, 9.17) is 9.98 Å². The molecule has 0 aromatic heterocycles. The van der Waals surface area contributed by atoms with Crippen molar-refractivity contribution < 1.29 is 0 Å². The molecule has 0 amide bonds. The molecule has 0 radical (unpaired) electrons. The van der Waals surface area contributed by atoms with Crippen molar-refractivity contribution in [1.82, 2.24) is 19.6 Å². The van der Waals surface area contributed by atoms with Gasteiger partial charge in [-0.3, -0.25) is 0 Å². The molecule has 3 rings (SSSR count). The van der Waals surface area contributed by atoms with Crippen molar-refractivity contribution in [2.24, 2.45) is 9.98 Å². The van der Waals surface area contributed by atoms with Crippen LogP contribution in [0.5, 0.6) is 0 Å². The van der Waals surface area contributed by atoms with E-state index in [9.17, 15) is 0 Å². The zero-order valence-corrected chi connectivity index (χ0v) is 14.5. The summed E-state index contributed by atoms with van der Waals surface area (Å²) < 4.78 is 0. The highest BCUT2D eigenvalue weighted by Gasteiger charge is 2.30. The lowest BCUT2D eigenvalue weighted by atomic mass is 9.91. The van der Waals surface area contributed by atoms with Crippen LogP contribution in [0.2, 0.25) is 0 Å². The van der Waals surface area contributed by atoms with E-state index in [-0.39, 0.29) is 0 Å². The molecule has 2 atom stereocenters. The third-order valence-electron chi connectivity index (χ3n) is 5.16. The highest BCUT2D eigenvalue weighted by atomic mass is 15.4. The summed E-state index contributed by atoms with van der Waals surface area (Å²) in [5, 5.41) is 0. The minimum Gasteiger partial charge on any atom is -0.344 e. The predicted octanol–water partition coefficient (Wildman–Crippen LogP) is 0.764. The van der Waals surface area contributed by atoms with E-state index in [2.05, 4.69) is 47.8 Å². The van der Waals surface area contributed by atoms with Crippen molar-refractivity contribution in [3.8, 4) is 0 Å². The van der Waals surface area contributed by atoms with Gasteiger partial charge in [-0.1, -0.05) is 12.8 Å². The first-order valence-corrected chi connectivity index (χ1v) is 8.56. The zero-order chi connectivity index (χ0) is 15.7. The smallest absolute Gasteiger partial charge is 0.196 e. The summed E-state index contributed by atoms with van der Waals surface area (Å²) in [6, 6.07) is 0.670. The fraction of sp³-hybridized carbons (Fsp3) is 0.875. The summed E-state index contributed by atoms with van der Waals surface area (Å²) in [6.07, 6.45) is 4.89. The van der Waals surface area contributed by atoms with Crippen LogP contribution in [-0.2, 0) is 0 Å². The first-order valence-electron chi connectivity index (χ1n) is 8.56. The maximum Gasteiger partial charge on any atom is 0.196 e. The SMILES string of the molecule is CN1CCN(C)C1=N[C@@H]1CCCC[C@H]1N=C1N(C)CCN1C. The van der Waals surface area contributed by atoms with Crippen molar-refractivity contribution in [2.75, 3.05) is 54.4 Å². The van der Waals surface area contributed by atoms with Crippen LogP contribution in [0.4, 0.5) is 0 Å². The highest BCUT2D eigenvalue weighted by Crippen LogP contribution is 2.26. The molecule has 0 aromatic rings. The quantitative estimate of drug-likeness (QED) is 0.755. The van der Waals surface area contributed by atoms with E-state index in [1.165, 1.54) is 25.7 Å². The van der Waals surface area contributed by atoms with Gasteiger partial charge in [0.2, 0.25) is 0 Å². The Bertz CT molecular complexity index is 394. The molecule has 6 nitrogen and oxygen atoms in total. The molecule has 1 aliphatic carbocycles. The molecule has 2 saturated heterocycles. The van der Waals surface area contributed by atoms with Crippen LogP contribution in [0.15, 0.2) is 9.98 Å². The number of aliphatic imine (C=N–C) groups is 2. The van der Waals surface area contributed by atoms with Gasteiger partial charge in [0.15, 0.2) is 11.9 Å². The average molecular weight is 306 g/mol. The third-order valence-corrected chi connectivity index (χ3v) is 5.16. The minimum absolute atomic E-state index is 0.335. The molecule has 3 fully saturated rings. The molecule has 22 heavy (non-hydrogen) atoms. The Kier molecular flexibility index (Phi) is 4.45. The van der Waals surface area contributed by atoms with Crippen molar-refractivity contribution in [3.63, 3.8) is 0 Å². The van der Waals surface area contributed by atoms with Crippen molar-refractivity contribution >= 4 is 11.9 Å². The van der Waals surface area contributed by atoms with E-state index in [1.807, 2.05) is 0 Å². The highest BCUT2D eigenvalue weighted by molar-refractivity contribution is 5.82. The van der Waals surface area contributed by atoms with Gasteiger partial charge in [0.05, 0.1) is 12.1 Å². The molecule has 6 heteroatoms. The molecular formula is C16H30N6. The van der Waals surface area contributed by atoms with Crippen LogP contribution >= 0.6 is 0 Å². The van der Waals surface area contributed by atoms with Gasteiger partial charge in [-0.15, -0.1) is 0 Å². The molecule has 0 N–H and O–H groups in total. The van der Waals surface area contributed by atoms with E-state index in [1.54, 1.807) is 0 Å². The Morgan fingerprint density at radius 3 is 1.27 bits per heavy atom. The van der Waals surface area contributed by atoms with Crippen LogP contribution in [0.1, 0.15) is 25.7 Å². The first-order chi connectivity index (χ1) is 10.6. The van der Waals surface area contributed by atoms with E-state index in [0.717, 1.165) is 38.1 Å². The first kappa shape index (κ1) is 15.4. The minimum atomic E-state index is 0.335. The summed E-state index contributed by atoms with van der Waals surface area (Å²) in [6.45, 7) is 4.30. The van der Waals surface area contributed by atoms with Crippen LogP contribution in [0, 0.1) is 0 Å². The summed E-state index contributed by atoms with van der Waals surface area (Å²) in [4.78, 5) is 19.3. The Morgan fingerprint density at radius 2 is 0.955 bits per heavy atom. The summed E-state index contributed by atoms with van der Waals surface area (Å²) in [5.41, 5.74) is 0. The second-order valence-electron chi connectivity index (χ2n) is 6.96. The van der Waals surface area contributed by atoms with Crippen molar-refractivity contribution in [1.29, 1.82) is 0 Å². The largest absolute Gasteiger partial charge is 0.344 e. The van der Waals surface area contributed by atoms with Crippen molar-refractivity contribution in [3.05, 3.63) is 0 Å². The number of rotatable bonds is 2. The number of hydrogen-bond donors (Lipinski definition) is 0. The van der Waals surface area contributed by atoms with Gasteiger partial charge in [-0.05, 0) is 12.8 Å². The van der Waals surface area contributed by atoms with Crippen LogP contribution in [0.25, 0.3) is 0 Å². The Morgan fingerprint density at radius 1 is 0.636 bits per heavy atom. The Hall–Kier alpha value is -1.46. The van der Waals surface area contributed by atoms with E-state index < -0.39 is 0 Å². The lowest BCUT2D eigenvalue weighted by molar-refractivity contribution is 0.374. The van der Waals surface area contributed by atoms with Crippen LogP contribution < -0.4 is 0 Å². The molecule has 0 spiro atoms. The predicted molar refractivity (Wildman–Crippen MR) is 91.4 cm³/mol. The van der Waals surface area contributed by atoms with Gasteiger partial charge in [0, 0.05) is 54.4 Å². The lowest BCUT2D eigenvalue weighted by Crippen LogP contribution is -2.37. The number of likely N-dealkylation sites (N-methyl/N-ethyl adjacent to an activating group) is 4. The average Bonchev–Trinajstić information content (AvgIpc) is 2.99. The molecule has 3 aliphatic rings. The van der Waals surface area contributed by atoms with Crippen LogP contribution in [-0.4, -0.2) is 98.0 Å². The Labute approximate surface area is 134 Å². The fourth-order valence-corrected chi connectivity index (χ4v) is 3.67. The number of hydrogen-bond acceptors (Lipinski definition) is 2. The van der Waals surface area contributed by atoms with Gasteiger partial charge in [-0.2, -0.15) is 0 Å². The molecule has 0 aromatic carbocycles. The van der Waals surface area contributed by atoms with Crippen LogP contribution in [0.3, 0.4) is 0 Å². The van der Waals surface area contributed by atoms with E-state index >= 15 is 0 Å². The third kappa shape index (κ3) is 3.01. The molecule has 124 valence electrons. The van der Waals surface area contributed by atoms with Gasteiger partial charge >= 0.3 is 0 Å². The van der Waals surface area contributed by atoms with Crippen molar-refractivity contribution in [2.45, 2.75) is 37.8 Å². The van der Waals surface area contributed by atoms with Gasteiger partial charge in [0.25, 0.3) is 0 Å². The summed E-state index contributed by atoms with van der Waals surface area (Å²) >= 11 is 0. The topological polar surface area (TPSA) is 37.7 Å². The standard InChI is InChI=1S/C16H30N6/c1-19-9-10-20(2)15(19)17-13-7-5-6-8-14(13)18-16-21(3)11-12-22(16)4/h13-14H,5-12H2,1-4H3/t13-,14-/m1/s1. The normalized spacial score (nSPS) is 29.6. The summed E-state index contributed by atoms with van der Waals surface area (Å²) in [5.74, 6) is 2.29. The molecule has 2 aliphatic heterocycles. The second-order valence-corrected chi connectivity index (χ2v) is 6.96. The monoisotopic (exact) mass is 306 g/mol. The zero-order valence-electron chi connectivity index (χ0n) is 14.5. The molecule has 0 unspecified atom stereocenters. The maximum absolute atomic E-state index is 5.10. The summed E-state index contributed by atoms with van der Waals surface area (Å²) in [7, 11) is 8.57. The lowest BCUT2D eigenvalue weighted by Gasteiger charge is -2.29. The number of guanidine groups is 2. The molecule has 1 saturated carbocycles. The fourth-order valence-electron chi connectivity index (χ4n) is 3.67. The molecule has 0 bridgehead atoms. The second kappa shape index (κ2) is 6.34. The maximum atomic E-state index is 5.10. The Balaban J connectivity index is 1.80. The van der Waals surface area contributed by atoms with Gasteiger partial charge in [-0.25, -0.2) is 9.98 Å².